The molecule has 3 rings (SSSR count). The number of hydrogen-bond acceptors (Lipinski definition) is 6. The van der Waals surface area contributed by atoms with E-state index in [1.54, 1.807) is 19.5 Å². The minimum atomic E-state index is 0.0531. The zero-order valence-electron chi connectivity index (χ0n) is 15.8. The maximum atomic E-state index is 12.2. The van der Waals surface area contributed by atoms with Crippen molar-refractivity contribution in [3.8, 4) is 11.4 Å². The molecule has 1 fully saturated rings. The highest BCUT2D eigenvalue weighted by Crippen LogP contribution is 2.24. The van der Waals surface area contributed by atoms with Crippen LogP contribution in [0.2, 0.25) is 0 Å². The lowest BCUT2D eigenvalue weighted by atomic mass is 9.89. The third-order valence-corrected chi connectivity index (χ3v) is 5.79. The SMILES string of the molecule is COCCn1c(SCC(=O)NCC2CCCCC2)nnc1-c1ccncc1. The predicted molar refractivity (Wildman–Crippen MR) is 105 cm³/mol. The maximum absolute atomic E-state index is 12.2. The summed E-state index contributed by atoms with van der Waals surface area (Å²) in [7, 11) is 1.67. The van der Waals surface area contributed by atoms with Crippen LogP contribution < -0.4 is 5.32 Å². The molecule has 0 spiro atoms. The number of nitrogens with zero attached hydrogens (tertiary/aromatic N) is 4. The summed E-state index contributed by atoms with van der Waals surface area (Å²) in [5, 5.41) is 12.4. The first-order valence-corrected chi connectivity index (χ1v) is 10.5. The highest BCUT2D eigenvalue weighted by atomic mass is 32.2. The molecule has 0 bridgehead atoms. The zero-order chi connectivity index (χ0) is 18.9. The van der Waals surface area contributed by atoms with Gasteiger partial charge in [0.15, 0.2) is 11.0 Å². The molecule has 0 atom stereocenters. The first-order chi connectivity index (χ1) is 13.3. The van der Waals surface area contributed by atoms with E-state index in [0.717, 1.165) is 23.1 Å². The standard InChI is InChI=1S/C19H27N5O2S/c1-26-12-11-24-18(16-7-9-20-10-8-16)22-23-19(24)27-14-17(25)21-13-15-5-3-2-4-6-15/h7-10,15H,2-6,11-14H2,1H3,(H,21,25). The lowest BCUT2D eigenvalue weighted by molar-refractivity contribution is -0.118. The molecule has 0 aliphatic heterocycles. The van der Waals surface area contributed by atoms with Gasteiger partial charge in [-0.3, -0.25) is 14.3 Å². The summed E-state index contributed by atoms with van der Waals surface area (Å²) in [4.78, 5) is 16.3. The van der Waals surface area contributed by atoms with Gasteiger partial charge in [0, 0.05) is 31.6 Å². The fourth-order valence-electron chi connectivity index (χ4n) is 3.32. The monoisotopic (exact) mass is 389 g/mol. The quantitative estimate of drug-likeness (QED) is 0.664. The second-order valence-electron chi connectivity index (χ2n) is 6.78. The van der Waals surface area contributed by atoms with Crippen molar-refractivity contribution in [1.29, 1.82) is 0 Å². The number of pyridine rings is 1. The van der Waals surface area contributed by atoms with E-state index in [4.69, 9.17) is 4.74 Å². The molecule has 7 nitrogen and oxygen atoms in total. The number of aromatic nitrogens is 4. The minimum Gasteiger partial charge on any atom is -0.383 e. The van der Waals surface area contributed by atoms with Gasteiger partial charge in [0.2, 0.25) is 5.91 Å². The number of thioether (sulfide) groups is 1. The predicted octanol–water partition coefficient (Wildman–Crippen LogP) is 2.78. The Bertz CT molecular complexity index is 716. The van der Waals surface area contributed by atoms with Crippen LogP contribution in [0.25, 0.3) is 11.4 Å². The number of ether oxygens (including phenoxy) is 1. The number of rotatable bonds is 9. The first-order valence-electron chi connectivity index (χ1n) is 9.50. The molecule has 1 saturated carbocycles. The van der Waals surface area contributed by atoms with Gasteiger partial charge in [-0.25, -0.2) is 0 Å². The Balaban J connectivity index is 1.58. The van der Waals surface area contributed by atoms with Crippen LogP contribution in [0.15, 0.2) is 29.7 Å². The zero-order valence-corrected chi connectivity index (χ0v) is 16.6. The first kappa shape index (κ1) is 19.8. The van der Waals surface area contributed by atoms with Crippen LogP contribution in [-0.4, -0.2) is 51.7 Å². The van der Waals surface area contributed by atoms with Crippen molar-refractivity contribution in [3.63, 3.8) is 0 Å². The van der Waals surface area contributed by atoms with Crippen LogP contribution in [0.5, 0.6) is 0 Å². The van der Waals surface area contributed by atoms with Gasteiger partial charge in [0.05, 0.1) is 18.9 Å². The van der Waals surface area contributed by atoms with Gasteiger partial charge in [-0.05, 0) is 30.9 Å². The van der Waals surface area contributed by atoms with E-state index in [0.29, 0.717) is 24.8 Å². The summed E-state index contributed by atoms with van der Waals surface area (Å²) in [6, 6.07) is 3.80. The normalized spacial score (nSPS) is 15.0. The highest BCUT2D eigenvalue weighted by molar-refractivity contribution is 7.99. The molecule has 8 heteroatoms. The Morgan fingerprint density at radius 2 is 2.04 bits per heavy atom. The summed E-state index contributed by atoms with van der Waals surface area (Å²) in [5.41, 5.74) is 0.946. The van der Waals surface area contributed by atoms with Crippen molar-refractivity contribution in [2.24, 2.45) is 5.92 Å². The van der Waals surface area contributed by atoms with Crippen LogP contribution in [0, 0.1) is 5.92 Å². The molecule has 0 saturated heterocycles. The number of carbonyl (C=O) groups is 1. The van der Waals surface area contributed by atoms with E-state index in [-0.39, 0.29) is 5.91 Å². The van der Waals surface area contributed by atoms with Crippen molar-refractivity contribution in [2.45, 2.75) is 43.8 Å². The molecular weight excluding hydrogens is 362 g/mol. The summed E-state index contributed by atoms with van der Waals surface area (Å²) in [6.45, 7) is 1.97. The van der Waals surface area contributed by atoms with Crippen LogP contribution in [0.4, 0.5) is 0 Å². The van der Waals surface area contributed by atoms with Crippen molar-refractivity contribution in [3.05, 3.63) is 24.5 Å². The Morgan fingerprint density at radius 1 is 1.26 bits per heavy atom. The molecule has 0 radical (unpaired) electrons. The third-order valence-electron chi connectivity index (χ3n) is 4.82. The summed E-state index contributed by atoms with van der Waals surface area (Å²) < 4.78 is 7.21. The molecule has 0 unspecified atom stereocenters. The fourth-order valence-corrected chi connectivity index (χ4v) is 4.12. The topological polar surface area (TPSA) is 81.9 Å². The van der Waals surface area contributed by atoms with E-state index in [2.05, 4.69) is 20.5 Å². The molecule has 27 heavy (non-hydrogen) atoms. The van der Waals surface area contributed by atoms with Gasteiger partial charge in [0.1, 0.15) is 0 Å². The Morgan fingerprint density at radius 3 is 2.78 bits per heavy atom. The largest absolute Gasteiger partial charge is 0.383 e. The average Bonchev–Trinajstić information content (AvgIpc) is 3.13. The van der Waals surface area contributed by atoms with Gasteiger partial charge < -0.3 is 10.1 Å². The third kappa shape index (κ3) is 5.77. The second-order valence-corrected chi connectivity index (χ2v) is 7.73. The number of methoxy groups -OCH3 is 1. The van der Waals surface area contributed by atoms with Crippen LogP contribution >= 0.6 is 11.8 Å². The molecule has 1 aliphatic carbocycles. The molecule has 1 aliphatic rings. The summed E-state index contributed by atoms with van der Waals surface area (Å²) in [5.74, 6) is 1.79. The van der Waals surface area contributed by atoms with Crippen LogP contribution in [0.1, 0.15) is 32.1 Å². The highest BCUT2D eigenvalue weighted by Gasteiger charge is 2.17. The van der Waals surface area contributed by atoms with Gasteiger partial charge in [-0.1, -0.05) is 31.0 Å². The Kier molecular flexibility index (Phi) is 7.65. The fraction of sp³-hybridized carbons (Fsp3) is 0.579. The molecule has 1 N–H and O–H groups in total. The molecule has 0 aromatic carbocycles. The molecule has 2 aromatic rings. The molecule has 2 aromatic heterocycles. The van der Waals surface area contributed by atoms with Crippen molar-refractivity contribution >= 4 is 17.7 Å². The van der Waals surface area contributed by atoms with Crippen LogP contribution in [0.3, 0.4) is 0 Å². The molecule has 2 heterocycles. The summed E-state index contributed by atoms with van der Waals surface area (Å²) in [6.07, 6.45) is 9.83. The maximum Gasteiger partial charge on any atom is 0.230 e. The van der Waals surface area contributed by atoms with Crippen molar-refractivity contribution < 1.29 is 9.53 Å². The van der Waals surface area contributed by atoms with E-state index in [1.165, 1.54) is 43.9 Å². The number of carbonyl (C=O) groups excluding carboxylic acids is 1. The number of nitrogens with one attached hydrogen (secondary N) is 1. The number of hydrogen-bond donors (Lipinski definition) is 1. The molecule has 1 amide bonds. The molecule has 146 valence electrons. The van der Waals surface area contributed by atoms with Crippen LogP contribution in [-0.2, 0) is 16.1 Å². The lowest BCUT2D eigenvalue weighted by Crippen LogP contribution is -2.31. The second kappa shape index (κ2) is 10.4. The van der Waals surface area contributed by atoms with E-state index < -0.39 is 0 Å². The Hall–Kier alpha value is -1.93. The lowest BCUT2D eigenvalue weighted by Gasteiger charge is -2.21. The van der Waals surface area contributed by atoms with E-state index >= 15 is 0 Å². The smallest absolute Gasteiger partial charge is 0.230 e. The van der Waals surface area contributed by atoms with Gasteiger partial charge in [0.25, 0.3) is 0 Å². The minimum absolute atomic E-state index is 0.0531. The average molecular weight is 390 g/mol. The number of amides is 1. The van der Waals surface area contributed by atoms with Gasteiger partial charge in [-0.15, -0.1) is 10.2 Å². The van der Waals surface area contributed by atoms with Crippen molar-refractivity contribution in [2.75, 3.05) is 26.0 Å². The van der Waals surface area contributed by atoms with E-state index in [9.17, 15) is 4.79 Å². The Labute approximate surface area is 164 Å². The van der Waals surface area contributed by atoms with Gasteiger partial charge >= 0.3 is 0 Å². The molecular formula is C19H27N5O2S. The summed E-state index contributed by atoms with van der Waals surface area (Å²) >= 11 is 1.41. The van der Waals surface area contributed by atoms with E-state index in [1.807, 2.05) is 16.7 Å². The van der Waals surface area contributed by atoms with Crippen molar-refractivity contribution in [1.82, 2.24) is 25.1 Å². The van der Waals surface area contributed by atoms with Gasteiger partial charge in [-0.2, -0.15) is 0 Å².